The predicted octanol–water partition coefficient (Wildman–Crippen LogP) is 1.94. The van der Waals surface area contributed by atoms with Crippen molar-refractivity contribution in [2.75, 3.05) is 0 Å². The Morgan fingerprint density at radius 2 is 2.50 bits per heavy atom. The average Bonchev–Trinajstić information content (AvgIpc) is 2.73. The van der Waals surface area contributed by atoms with Crippen molar-refractivity contribution < 1.29 is 5.11 Å². The van der Waals surface area contributed by atoms with E-state index >= 15 is 0 Å². The summed E-state index contributed by atoms with van der Waals surface area (Å²) in [5.41, 5.74) is 3.15. The minimum absolute atomic E-state index is 0.233. The first-order valence-corrected chi connectivity index (χ1v) is 5.25. The second-order valence-corrected chi connectivity index (χ2v) is 4.43. The highest BCUT2D eigenvalue weighted by atomic mass is 32.1. The van der Waals surface area contributed by atoms with Crippen LogP contribution in [0.1, 0.15) is 36.3 Å². The Morgan fingerprint density at radius 1 is 1.75 bits per heavy atom. The van der Waals surface area contributed by atoms with E-state index in [4.69, 9.17) is 0 Å². The van der Waals surface area contributed by atoms with Crippen LogP contribution < -0.4 is 0 Å². The molecule has 1 heterocycles. The van der Waals surface area contributed by atoms with Crippen molar-refractivity contribution in [3.8, 4) is 0 Å². The molecule has 0 aromatic carbocycles. The van der Waals surface area contributed by atoms with Crippen molar-refractivity contribution in [1.29, 1.82) is 0 Å². The highest BCUT2D eigenvalue weighted by Crippen LogP contribution is 2.41. The van der Waals surface area contributed by atoms with Gasteiger partial charge in [0.25, 0.3) is 0 Å². The average molecular weight is 183 g/mol. The lowest BCUT2D eigenvalue weighted by molar-refractivity contribution is 0.196. The van der Waals surface area contributed by atoms with Crippen LogP contribution in [0.25, 0.3) is 0 Å². The van der Waals surface area contributed by atoms with Gasteiger partial charge in [0.1, 0.15) is 0 Å². The quantitative estimate of drug-likeness (QED) is 0.777. The molecule has 3 heteroatoms. The van der Waals surface area contributed by atoms with Gasteiger partial charge in [0, 0.05) is 17.2 Å². The van der Waals surface area contributed by atoms with Crippen LogP contribution in [-0.2, 0) is 6.42 Å². The van der Waals surface area contributed by atoms with Crippen LogP contribution in [0.2, 0.25) is 0 Å². The fraction of sp³-hybridized carbons (Fsp3) is 0.667. The first-order chi connectivity index (χ1) is 5.77. The third-order valence-electron chi connectivity index (χ3n) is 2.12. The van der Waals surface area contributed by atoms with Crippen LogP contribution in [0.3, 0.4) is 0 Å². The summed E-state index contributed by atoms with van der Waals surface area (Å²) in [5.74, 6) is 0.713. The Labute approximate surface area is 76.3 Å². The first kappa shape index (κ1) is 8.20. The van der Waals surface area contributed by atoms with Crippen LogP contribution in [-0.4, -0.2) is 16.2 Å². The Kier molecular flexibility index (Phi) is 2.15. The van der Waals surface area contributed by atoms with Gasteiger partial charge < -0.3 is 5.11 Å². The highest BCUT2D eigenvalue weighted by molar-refractivity contribution is 7.09. The monoisotopic (exact) mass is 183 g/mol. The fourth-order valence-electron chi connectivity index (χ4n) is 1.39. The zero-order valence-electron chi connectivity index (χ0n) is 7.16. The molecule has 0 unspecified atom stereocenters. The normalized spacial score (nSPS) is 19.5. The molecule has 1 saturated carbocycles. The number of hydrogen-bond acceptors (Lipinski definition) is 3. The van der Waals surface area contributed by atoms with Gasteiger partial charge in [0.05, 0.1) is 17.3 Å². The molecule has 66 valence electrons. The minimum Gasteiger partial charge on any atom is -0.393 e. The van der Waals surface area contributed by atoms with Gasteiger partial charge in [-0.25, -0.2) is 4.98 Å². The molecule has 1 N–H and O–H groups in total. The van der Waals surface area contributed by atoms with E-state index in [0.717, 1.165) is 6.42 Å². The third kappa shape index (κ3) is 1.67. The molecule has 0 amide bonds. The molecule has 0 bridgehead atoms. The maximum atomic E-state index is 9.23. The molecule has 1 aliphatic carbocycles. The number of aliphatic hydroxyl groups excluding tert-OH is 1. The highest BCUT2D eigenvalue weighted by Gasteiger charge is 2.28. The van der Waals surface area contributed by atoms with E-state index in [1.807, 2.05) is 12.4 Å². The number of aliphatic hydroxyl groups is 1. The summed E-state index contributed by atoms with van der Waals surface area (Å²) in [6.45, 7) is 1.83. The van der Waals surface area contributed by atoms with Crippen molar-refractivity contribution in [2.24, 2.45) is 0 Å². The molecule has 0 radical (unpaired) electrons. The lowest BCUT2D eigenvalue weighted by Crippen LogP contribution is -2.04. The lowest BCUT2D eigenvalue weighted by Gasteiger charge is -2.02. The van der Waals surface area contributed by atoms with Crippen molar-refractivity contribution in [3.05, 3.63) is 16.1 Å². The Hall–Kier alpha value is -0.410. The Bertz CT molecular complexity index is 265. The maximum absolute atomic E-state index is 9.23. The van der Waals surface area contributed by atoms with Crippen LogP contribution in [0.5, 0.6) is 0 Å². The van der Waals surface area contributed by atoms with E-state index < -0.39 is 0 Å². The standard InChI is InChI=1S/C9H13NOS/c1-6(11)4-8-9(7-2-3-7)10-5-12-8/h5-7,11H,2-4H2,1H3/t6-/m0/s1. The molecule has 1 atom stereocenters. The summed E-state index contributed by atoms with van der Waals surface area (Å²) in [6, 6.07) is 0. The zero-order chi connectivity index (χ0) is 8.55. The van der Waals surface area contributed by atoms with Crippen molar-refractivity contribution in [3.63, 3.8) is 0 Å². The number of nitrogens with zero attached hydrogens (tertiary/aromatic N) is 1. The van der Waals surface area contributed by atoms with Gasteiger partial charge in [-0.1, -0.05) is 0 Å². The largest absolute Gasteiger partial charge is 0.393 e. The van der Waals surface area contributed by atoms with E-state index in [-0.39, 0.29) is 6.10 Å². The molecule has 0 spiro atoms. The van der Waals surface area contributed by atoms with Crippen LogP contribution >= 0.6 is 11.3 Å². The summed E-state index contributed by atoms with van der Waals surface area (Å²) < 4.78 is 0. The van der Waals surface area contributed by atoms with E-state index in [9.17, 15) is 5.11 Å². The summed E-state index contributed by atoms with van der Waals surface area (Å²) >= 11 is 1.68. The SMILES string of the molecule is C[C@H](O)Cc1scnc1C1CC1. The predicted molar refractivity (Wildman–Crippen MR) is 49.5 cm³/mol. The fourth-order valence-corrected chi connectivity index (χ4v) is 2.36. The molecule has 1 aromatic rings. The van der Waals surface area contributed by atoms with Gasteiger partial charge in [-0.3, -0.25) is 0 Å². The first-order valence-electron chi connectivity index (χ1n) is 4.37. The molecule has 1 fully saturated rings. The van der Waals surface area contributed by atoms with Gasteiger partial charge in [0.2, 0.25) is 0 Å². The molecule has 0 saturated heterocycles. The van der Waals surface area contributed by atoms with Crippen molar-refractivity contribution in [1.82, 2.24) is 4.98 Å². The summed E-state index contributed by atoms with van der Waals surface area (Å²) in [4.78, 5) is 5.62. The number of hydrogen-bond donors (Lipinski definition) is 1. The topological polar surface area (TPSA) is 33.1 Å². The van der Waals surface area contributed by atoms with Crippen LogP contribution in [0.15, 0.2) is 5.51 Å². The molecular weight excluding hydrogens is 170 g/mol. The van der Waals surface area contributed by atoms with Gasteiger partial charge in [-0.15, -0.1) is 11.3 Å². The second kappa shape index (κ2) is 3.15. The molecule has 1 aromatic heterocycles. The van der Waals surface area contributed by atoms with Gasteiger partial charge in [-0.05, 0) is 19.8 Å². The lowest BCUT2D eigenvalue weighted by atomic mass is 10.2. The van der Waals surface area contributed by atoms with E-state index in [1.54, 1.807) is 11.3 Å². The minimum atomic E-state index is -0.233. The smallest absolute Gasteiger partial charge is 0.0797 e. The third-order valence-corrected chi connectivity index (χ3v) is 2.99. The van der Waals surface area contributed by atoms with Gasteiger partial charge in [0.15, 0.2) is 0 Å². The summed E-state index contributed by atoms with van der Waals surface area (Å²) in [6.07, 6.45) is 3.12. The number of rotatable bonds is 3. The van der Waals surface area contributed by atoms with Crippen LogP contribution in [0, 0.1) is 0 Å². The van der Waals surface area contributed by atoms with Gasteiger partial charge in [-0.2, -0.15) is 0 Å². The van der Waals surface area contributed by atoms with E-state index in [2.05, 4.69) is 4.98 Å². The Morgan fingerprint density at radius 3 is 3.08 bits per heavy atom. The van der Waals surface area contributed by atoms with E-state index in [0.29, 0.717) is 5.92 Å². The van der Waals surface area contributed by atoms with Gasteiger partial charge >= 0.3 is 0 Å². The molecular formula is C9H13NOS. The number of aromatic nitrogens is 1. The van der Waals surface area contributed by atoms with Crippen LogP contribution in [0.4, 0.5) is 0 Å². The van der Waals surface area contributed by atoms with Crippen molar-refractivity contribution >= 4 is 11.3 Å². The summed E-state index contributed by atoms with van der Waals surface area (Å²) in [5, 5.41) is 9.23. The number of thiazole rings is 1. The molecule has 2 nitrogen and oxygen atoms in total. The summed E-state index contributed by atoms with van der Waals surface area (Å²) in [7, 11) is 0. The molecule has 12 heavy (non-hydrogen) atoms. The Balaban J connectivity index is 2.13. The second-order valence-electron chi connectivity index (χ2n) is 3.49. The molecule has 1 aliphatic rings. The molecule has 0 aliphatic heterocycles. The van der Waals surface area contributed by atoms with E-state index in [1.165, 1.54) is 23.4 Å². The van der Waals surface area contributed by atoms with Crippen molar-refractivity contribution in [2.45, 2.75) is 38.2 Å². The maximum Gasteiger partial charge on any atom is 0.0797 e. The zero-order valence-corrected chi connectivity index (χ0v) is 7.97. The molecule has 2 rings (SSSR count).